The largest absolute Gasteiger partial charge is 0.348 e. The minimum Gasteiger partial charge on any atom is -0.348 e. The van der Waals surface area contributed by atoms with Gasteiger partial charge >= 0.3 is 0 Å². The van der Waals surface area contributed by atoms with Crippen LogP contribution in [0.1, 0.15) is 35.2 Å². The second-order valence-corrected chi connectivity index (χ2v) is 5.14. The van der Waals surface area contributed by atoms with Crippen molar-refractivity contribution in [3.63, 3.8) is 0 Å². The molecule has 1 N–H and O–H groups in total. The second kappa shape index (κ2) is 5.41. The quantitative estimate of drug-likeness (QED) is 0.891. The Balaban J connectivity index is 2.10. The number of carbonyl (C=O) groups is 1. The predicted molar refractivity (Wildman–Crippen MR) is 70.4 cm³/mol. The highest BCUT2D eigenvalue weighted by molar-refractivity contribution is 6.33. The van der Waals surface area contributed by atoms with Gasteiger partial charge in [0.25, 0.3) is 5.91 Å². The molecule has 1 saturated carbocycles. The summed E-state index contributed by atoms with van der Waals surface area (Å²) in [5, 5.41) is 12.4. The van der Waals surface area contributed by atoms with E-state index in [1.807, 2.05) is 13.0 Å². The van der Waals surface area contributed by atoms with Crippen molar-refractivity contribution >= 4 is 17.5 Å². The van der Waals surface area contributed by atoms with E-state index in [2.05, 4.69) is 11.4 Å². The normalized spacial score (nSPS) is 22.5. The highest BCUT2D eigenvalue weighted by Gasteiger charge is 2.28. The van der Waals surface area contributed by atoms with E-state index in [9.17, 15) is 4.79 Å². The Morgan fingerprint density at radius 2 is 2.28 bits per heavy atom. The number of halogens is 1. The molecular formula is C14H15ClN2O. The molecule has 0 spiro atoms. The van der Waals surface area contributed by atoms with Crippen molar-refractivity contribution < 1.29 is 4.79 Å². The van der Waals surface area contributed by atoms with Crippen molar-refractivity contribution in [3.05, 3.63) is 34.3 Å². The van der Waals surface area contributed by atoms with Gasteiger partial charge in [-0.05, 0) is 43.9 Å². The molecule has 0 bridgehead atoms. The van der Waals surface area contributed by atoms with Crippen molar-refractivity contribution in [2.24, 2.45) is 5.92 Å². The van der Waals surface area contributed by atoms with Gasteiger partial charge < -0.3 is 5.32 Å². The summed E-state index contributed by atoms with van der Waals surface area (Å²) in [6, 6.07) is 7.56. The van der Waals surface area contributed by atoms with Gasteiger partial charge in [0.05, 0.1) is 22.6 Å². The standard InChI is InChI=1S/C14H15ClN2O/c1-9-5-6-11(12(15)7-9)14(18)17-13-4-2-3-10(13)8-16/h5-7,10,13H,2-4H2,1H3,(H,17,18). The first-order chi connectivity index (χ1) is 8.61. The van der Waals surface area contributed by atoms with Crippen LogP contribution in [0.2, 0.25) is 5.02 Å². The summed E-state index contributed by atoms with van der Waals surface area (Å²) in [5.74, 6) is -0.259. The van der Waals surface area contributed by atoms with E-state index in [4.69, 9.17) is 16.9 Å². The summed E-state index contributed by atoms with van der Waals surface area (Å²) in [4.78, 5) is 12.1. The number of carbonyl (C=O) groups excluding carboxylic acids is 1. The molecule has 0 aromatic heterocycles. The summed E-state index contributed by atoms with van der Waals surface area (Å²) in [7, 11) is 0. The first-order valence-corrected chi connectivity index (χ1v) is 6.46. The SMILES string of the molecule is Cc1ccc(C(=O)NC2CCCC2C#N)c(Cl)c1. The lowest BCUT2D eigenvalue weighted by atomic mass is 10.0. The predicted octanol–water partition coefficient (Wildman–Crippen LogP) is 3.07. The summed E-state index contributed by atoms with van der Waals surface area (Å²) < 4.78 is 0. The van der Waals surface area contributed by atoms with Crippen molar-refractivity contribution in [1.29, 1.82) is 5.26 Å². The minimum atomic E-state index is -0.188. The van der Waals surface area contributed by atoms with Crippen LogP contribution in [-0.4, -0.2) is 11.9 Å². The lowest BCUT2D eigenvalue weighted by Crippen LogP contribution is -2.37. The molecule has 0 aliphatic heterocycles. The summed E-state index contributed by atoms with van der Waals surface area (Å²) in [6.45, 7) is 1.93. The van der Waals surface area contributed by atoms with E-state index in [-0.39, 0.29) is 17.9 Å². The Hall–Kier alpha value is -1.53. The Morgan fingerprint density at radius 3 is 2.94 bits per heavy atom. The Morgan fingerprint density at radius 1 is 1.50 bits per heavy atom. The molecule has 0 radical (unpaired) electrons. The molecule has 1 aliphatic rings. The van der Waals surface area contributed by atoms with Gasteiger partial charge in [-0.25, -0.2) is 0 Å². The number of nitrogens with zero attached hydrogens (tertiary/aromatic N) is 1. The van der Waals surface area contributed by atoms with Crippen LogP contribution in [-0.2, 0) is 0 Å². The van der Waals surface area contributed by atoms with Crippen LogP contribution < -0.4 is 5.32 Å². The fourth-order valence-corrected chi connectivity index (χ4v) is 2.66. The first-order valence-electron chi connectivity index (χ1n) is 6.08. The van der Waals surface area contributed by atoms with Crippen molar-refractivity contribution in [2.75, 3.05) is 0 Å². The van der Waals surface area contributed by atoms with Crippen LogP contribution in [0.15, 0.2) is 18.2 Å². The highest BCUT2D eigenvalue weighted by Crippen LogP contribution is 2.26. The van der Waals surface area contributed by atoms with E-state index in [0.717, 1.165) is 24.8 Å². The second-order valence-electron chi connectivity index (χ2n) is 4.73. The number of rotatable bonds is 2. The zero-order valence-electron chi connectivity index (χ0n) is 10.2. The van der Waals surface area contributed by atoms with E-state index in [1.54, 1.807) is 12.1 Å². The van der Waals surface area contributed by atoms with Crippen molar-refractivity contribution in [2.45, 2.75) is 32.2 Å². The highest BCUT2D eigenvalue weighted by atomic mass is 35.5. The van der Waals surface area contributed by atoms with Gasteiger partial charge in [0.1, 0.15) is 0 Å². The van der Waals surface area contributed by atoms with E-state index in [0.29, 0.717) is 10.6 Å². The third kappa shape index (κ3) is 2.65. The third-order valence-electron chi connectivity index (χ3n) is 3.37. The molecule has 94 valence electrons. The van der Waals surface area contributed by atoms with Gasteiger partial charge in [-0.2, -0.15) is 5.26 Å². The molecule has 4 heteroatoms. The average molecular weight is 263 g/mol. The number of nitrogens with one attached hydrogen (secondary N) is 1. The summed E-state index contributed by atoms with van der Waals surface area (Å²) >= 11 is 6.05. The fourth-order valence-electron chi connectivity index (χ4n) is 2.34. The maximum Gasteiger partial charge on any atom is 0.253 e. The zero-order valence-corrected chi connectivity index (χ0v) is 11.0. The third-order valence-corrected chi connectivity index (χ3v) is 3.68. The van der Waals surface area contributed by atoms with Crippen molar-refractivity contribution in [1.82, 2.24) is 5.32 Å². The number of amides is 1. The fraction of sp³-hybridized carbons (Fsp3) is 0.429. The van der Waals surface area contributed by atoms with Gasteiger partial charge in [-0.3, -0.25) is 4.79 Å². The van der Waals surface area contributed by atoms with Crippen LogP contribution >= 0.6 is 11.6 Å². The maximum absolute atomic E-state index is 12.1. The minimum absolute atomic E-state index is 0.0418. The molecule has 1 aliphatic carbocycles. The lowest BCUT2D eigenvalue weighted by molar-refractivity contribution is 0.0933. The number of aryl methyl sites for hydroxylation is 1. The molecule has 0 heterocycles. The van der Waals surface area contributed by atoms with E-state index in [1.165, 1.54) is 0 Å². The van der Waals surface area contributed by atoms with Crippen LogP contribution in [0.4, 0.5) is 0 Å². The van der Waals surface area contributed by atoms with E-state index < -0.39 is 0 Å². The molecule has 1 amide bonds. The molecule has 0 saturated heterocycles. The van der Waals surface area contributed by atoms with Gasteiger partial charge in [-0.15, -0.1) is 0 Å². The smallest absolute Gasteiger partial charge is 0.253 e. The molecule has 2 unspecified atom stereocenters. The number of nitriles is 1. The Bertz CT molecular complexity index is 507. The molecular weight excluding hydrogens is 248 g/mol. The Labute approximate surface area is 112 Å². The number of hydrogen-bond donors (Lipinski definition) is 1. The summed E-state index contributed by atoms with van der Waals surface area (Å²) in [6.07, 6.45) is 2.72. The van der Waals surface area contributed by atoms with E-state index >= 15 is 0 Å². The van der Waals surface area contributed by atoms with Gasteiger partial charge in [0.2, 0.25) is 0 Å². The van der Waals surface area contributed by atoms with Gasteiger partial charge in [-0.1, -0.05) is 17.7 Å². The Kier molecular flexibility index (Phi) is 3.88. The molecule has 2 rings (SSSR count). The first kappa shape index (κ1) is 12.9. The summed E-state index contributed by atoms with van der Waals surface area (Å²) in [5.41, 5.74) is 1.50. The lowest BCUT2D eigenvalue weighted by Gasteiger charge is -2.16. The van der Waals surface area contributed by atoms with Crippen LogP contribution in [0, 0.1) is 24.2 Å². The van der Waals surface area contributed by atoms with Crippen LogP contribution in [0.25, 0.3) is 0 Å². The molecule has 1 fully saturated rings. The molecule has 2 atom stereocenters. The molecule has 1 aromatic rings. The molecule has 1 aromatic carbocycles. The maximum atomic E-state index is 12.1. The molecule has 3 nitrogen and oxygen atoms in total. The monoisotopic (exact) mass is 262 g/mol. The average Bonchev–Trinajstić information content (AvgIpc) is 2.76. The van der Waals surface area contributed by atoms with Crippen LogP contribution in [0.3, 0.4) is 0 Å². The zero-order chi connectivity index (χ0) is 13.1. The van der Waals surface area contributed by atoms with Gasteiger partial charge in [0.15, 0.2) is 0 Å². The van der Waals surface area contributed by atoms with Gasteiger partial charge in [0, 0.05) is 6.04 Å². The topological polar surface area (TPSA) is 52.9 Å². The van der Waals surface area contributed by atoms with Crippen molar-refractivity contribution in [3.8, 4) is 6.07 Å². The number of hydrogen-bond acceptors (Lipinski definition) is 2. The molecule has 18 heavy (non-hydrogen) atoms. The number of benzene rings is 1. The van der Waals surface area contributed by atoms with Crippen LogP contribution in [0.5, 0.6) is 0 Å².